The van der Waals surface area contributed by atoms with E-state index in [2.05, 4.69) is 55.4 Å². The third-order valence-electron chi connectivity index (χ3n) is 17.3. The lowest BCUT2D eigenvalue weighted by atomic mass is 10.0. The number of rotatable bonds is 72. The van der Waals surface area contributed by atoms with Crippen LogP contribution in [0.5, 0.6) is 0 Å². The van der Waals surface area contributed by atoms with Gasteiger partial charge < -0.3 is 33.8 Å². The number of hydrogen-bond donors (Lipinski definition) is 3. The lowest BCUT2D eigenvalue weighted by Gasteiger charge is -2.21. The molecule has 0 amide bonds. The van der Waals surface area contributed by atoms with Gasteiger partial charge in [0.1, 0.15) is 19.3 Å². The van der Waals surface area contributed by atoms with E-state index in [4.69, 9.17) is 37.0 Å². The first-order valence-corrected chi connectivity index (χ1v) is 41.7. The summed E-state index contributed by atoms with van der Waals surface area (Å²) in [5.74, 6) is 0.886. The number of ether oxygens (including phenoxy) is 4. The number of aliphatic hydroxyl groups excluding tert-OH is 1. The zero-order chi connectivity index (χ0) is 69.6. The van der Waals surface area contributed by atoms with Crippen LogP contribution in [0.4, 0.5) is 0 Å². The number of unbranched alkanes of at least 4 members (excludes halogenated alkanes) is 38. The van der Waals surface area contributed by atoms with Gasteiger partial charge in [-0.25, -0.2) is 9.13 Å². The molecule has 17 nitrogen and oxygen atoms in total. The molecule has 19 heteroatoms. The summed E-state index contributed by atoms with van der Waals surface area (Å²) >= 11 is 0. The summed E-state index contributed by atoms with van der Waals surface area (Å²) in [6.07, 6.45) is 48.7. The largest absolute Gasteiger partial charge is 0.472 e. The van der Waals surface area contributed by atoms with E-state index in [-0.39, 0.29) is 25.7 Å². The molecule has 2 unspecified atom stereocenters. The monoisotopic (exact) mass is 1380 g/mol. The number of aliphatic hydroxyl groups is 1. The second-order valence-electron chi connectivity index (χ2n) is 28.9. The summed E-state index contributed by atoms with van der Waals surface area (Å²) in [7, 11) is -9.91. The highest BCUT2D eigenvalue weighted by atomic mass is 31.2. The highest BCUT2D eigenvalue weighted by Gasteiger charge is 2.30. The second-order valence-corrected chi connectivity index (χ2v) is 31.9. The van der Waals surface area contributed by atoms with E-state index in [1.807, 2.05) is 0 Å². The fourth-order valence-corrected chi connectivity index (χ4v) is 13.0. The minimum absolute atomic E-state index is 0.106. The van der Waals surface area contributed by atoms with Gasteiger partial charge in [0.2, 0.25) is 0 Å². The molecule has 0 aromatic rings. The second kappa shape index (κ2) is 64.4. The van der Waals surface area contributed by atoms with Gasteiger partial charge in [-0.1, -0.05) is 325 Å². The molecule has 0 bridgehead atoms. The maximum Gasteiger partial charge on any atom is 0.472 e. The Labute approximate surface area is 575 Å². The molecule has 0 aliphatic heterocycles. The van der Waals surface area contributed by atoms with Crippen molar-refractivity contribution in [3.8, 4) is 0 Å². The number of hydrogen-bond acceptors (Lipinski definition) is 15. The van der Waals surface area contributed by atoms with E-state index < -0.39 is 97.5 Å². The Morgan fingerprint density at radius 1 is 0.266 bits per heavy atom. The van der Waals surface area contributed by atoms with Gasteiger partial charge in [0.25, 0.3) is 0 Å². The van der Waals surface area contributed by atoms with Crippen LogP contribution < -0.4 is 0 Å². The zero-order valence-electron chi connectivity index (χ0n) is 61.6. The van der Waals surface area contributed by atoms with Gasteiger partial charge in [0, 0.05) is 25.7 Å². The highest BCUT2D eigenvalue weighted by molar-refractivity contribution is 7.47. The van der Waals surface area contributed by atoms with Crippen molar-refractivity contribution in [1.82, 2.24) is 0 Å². The minimum Gasteiger partial charge on any atom is -0.462 e. The first-order chi connectivity index (χ1) is 45.1. The van der Waals surface area contributed by atoms with Crippen molar-refractivity contribution in [2.75, 3.05) is 39.6 Å². The van der Waals surface area contributed by atoms with Crippen LogP contribution in [0.3, 0.4) is 0 Å². The molecule has 0 spiro atoms. The molecule has 0 aromatic carbocycles. The topological polar surface area (TPSA) is 237 Å². The lowest BCUT2D eigenvalue weighted by molar-refractivity contribution is -0.161. The molecule has 0 saturated heterocycles. The fourth-order valence-electron chi connectivity index (χ4n) is 11.4. The van der Waals surface area contributed by atoms with E-state index in [9.17, 15) is 43.2 Å². The summed E-state index contributed by atoms with van der Waals surface area (Å²) in [4.78, 5) is 72.7. The molecule has 5 atom stereocenters. The van der Waals surface area contributed by atoms with Gasteiger partial charge in [-0.05, 0) is 49.4 Å². The SMILES string of the molecule is CC(C)CCCCCCCCCCCCCCCCC(=O)O[C@H](COC(=O)CCCCCCCCC(C)C)COP(=O)(O)OC[C@H](O)COP(=O)(O)OC[C@@H](COC(=O)CCCCCCCCCCCCC(C)C)OC(=O)CCCCCCCCCCCCCCC(C)C. The Morgan fingerprint density at radius 3 is 0.660 bits per heavy atom. The van der Waals surface area contributed by atoms with Crippen LogP contribution in [0.1, 0.15) is 376 Å². The van der Waals surface area contributed by atoms with Gasteiger partial charge in [-0.15, -0.1) is 0 Å². The standard InChI is InChI=1S/C75H146O17P2/c1-65(2)51-43-35-27-21-15-11-9-10-12-17-25-31-41-49-57-75(80)92-71(62-86-73(78)56-48-40-34-33-38-46-54-68(7)8)64-90-94(83,84)88-60-69(76)59-87-93(81,82)89-63-70(61-85-72(77)55-47-39-30-24-20-19-23-29-37-45-53-67(5)6)91-74(79)58-50-42-32-26-18-14-13-16-22-28-36-44-52-66(3)4/h65-71,76H,9-64H2,1-8H3,(H,81,82)(H,83,84)/t69-,70-,71-/m1/s1. The van der Waals surface area contributed by atoms with Crippen LogP contribution in [0.15, 0.2) is 0 Å². The summed E-state index contributed by atoms with van der Waals surface area (Å²) in [6.45, 7) is 14.1. The van der Waals surface area contributed by atoms with Crippen LogP contribution in [0.2, 0.25) is 0 Å². The zero-order valence-corrected chi connectivity index (χ0v) is 63.4. The Morgan fingerprint density at radius 2 is 0.447 bits per heavy atom. The lowest BCUT2D eigenvalue weighted by Crippen LogP contribution is -2.30. The van der Waals surface area contributed by atoms with Gasteiger partial charge >= 0.3 is 39.5 Å². The van der Waals surface area contributed by atoms with Crippen LogP contribution in [-0.4, -0.2) is 96.7 Å². The van der Waals surface area contributed by atoms with E-state index in [0.717, 1.165) is 114 Å². The molecule has 0 rings (SSSR count). The van der Waals surface area contributed by atoms with Gasteiger partial charge in [0.05, 0.1) is 26.4 Å². The van der Waals surface area contributed by atoms with Crippen LogP contribution in [-0.2, 0) is 65.4 Å². The predicted octanol–water partition coefficient (Wildman–Crippen LogP) is 21.7. The van der Waals surface area contributed by atoms with E-state index in [1.54, 1.807) is 0 Å². The molecule has 0 aromatic heterocycles. The van der Waals surface area contributed by atoms with Crippen molar-refractivity contribution in [1.29, 1.82) is 0 Å². The summed E-state index contributed by atoms with van der Waals surface area (Å²) < 4.78 is 68.5. The van der Waals surface area contributed by atoms with Gasteiger partial charge in [0.15, 0.2) is 12.2 Å². The number of phosphoric ester groups is 2. The number of carbonyl (C=O) groups excluding carboxylic acids is 4. The van der Waals surface area contributed by atoms with Crippen molar-refractivity contribution in [3.63, 3.8) is 0 Å². The predicted molar refractivity (Wildman–Crippen MR) is 381 cm³/mol. The maximum atomic E-state index is 13.1. The van der Waals surface area contributed by atoms with Crippen LogP contribution >= 0.6 is 15.6 Å². The molecule has 94 heavy (non-hydrogen) atoms. The van der Waals surface area contributed by atoms with Crippen molar-refractivity contribution >= 4 is 39.5 Å². The van der Waals surface area contributed by atoms with Crippen molar-refractivity contribution in [3.05, 3.63) is 0 Å². The molecule has 0 aliphatic rings. The highest BCUT2D eigenvalue weighted by Crippen LogP contribution is 2.45. The van der Waals surface area contributed by atoms with E-state index in [1.165, 1.54) is 173 Å². The molecule has 0 fully saturated rings. The molecule has 3 N–H and O–H groups in total. The summed E-state index contributed by atoms with van der Waals surface area (Å²) in [5.41, 5.74) is 0. The fraction of sp³-hybridized carbons (Fsp3) is 0.947. The average molecular weight is 1380 g/mol. The molecule has 558 valence electrons. The third-order valence-corrected chi connectivity index (χ3v) is 19.2. The number of esters is 4. The molecule has 0 aliphatic carbocycles. The summed E-state index contributed by atoms with van der Waals surface area (Å²) in [5, 5.41) is 10.6. The van der Waals surface area contributed by atoms with E-state index >= 15 is 0 Å². The Bertz CT molecular complexity index is 1850. The quantitative estimate of drug-likeness (QED) is 0.0222. The maximum absolute atomic E-state index is 13.1. The Balaban J connectivity index is 5.23. The molecular weight excluding hydrogens is 1230 g/mol. The Kier molecular flexibility index (Phi) is 63.1. The first-order valence-electron chi connectivity index (χ1n) is 38.7. The normalized spacial score (nSPS) is 14.2. The average Bonchev–Trinajstić information content (AvgIpc) is 2.64. The third kappa shape index (κ3) is 68.6. The molecular formula is C75H146O17P2. The molecule has 0 radical (unpaired) electrons. The van der Waals surface area contributed by atoms with Crippen molar-refractivity contribution < 1.29 is 80.2 Å². The Hall–Kier alpha value is -1.94. The van der Waals surface area contributed by atoms with Crippen molar-refractivity contribution in [2.45, 2.75) is 395 Å². The van der Waals surface area contributed by atoms with Crippen LogP contribution in [0, 0.1) is 23.7 Å². The van der Waals surface area contributed by atoms with Crippen LogP contribution in [0.25, 0.3) is 0 Å². The first kappa shape index (κ1) is 92.1. The summed E-state index contributed by atoms with van der Waals surface area (Å²) in [6, 6.07) is 0. The van der Waals surface area contributed by atoms with Crippen molar-refractivity contribution in [2.24, 2.45) is 23.7 Å². The number of phosphoric acid groups is 2. The minimum atomic E-state index is -4.96. The molecule has 0 heterocycles. The molecule has 0 saturated carbocycles. The van der Waals surface area contributed by atoms with Gasteiger partial charge in [-0.3, -0.25) is 37.3 Å². The van der Waals surface area contributed by atoms with Gasteiger partial charge in [-0.2, -0.15) is 0 Å². The number of carbonyl (C=O) groups is 4. The van der Waals surface area contributed by atoms with E-state index in [0.29, 0.717) is 31.6 Å². The smallest absolute Gasteiger partial charge is 0.462 e.